The highest BCUT2D eigenvalue weighted by molar-refractivity contribution is 5.88. The highest BCUT2D eigenvalue weighted by Crippen LogP contribution is 2.44. The fourth-order valence-electron chi connectivity index (χ4n) is 4.03. The lowest BCUT2D eigenvalue weighted by Gasteiger charge is -2.17. The molecule has 0 bridgehead atoms. The van der Waals surface area contributed by atoms with Crippen LogP contribution in [0.3, 0.4) is 0 Å². The van der Waals surface area contributed by atoms with Crippen LogP contribution < -0.4 is 10.1 Å². The summed E-state index contributed by atoms with van der Waals surface area (Å²) in [5.74, 6) is 0.189. The van der Waals surface area contributed by atoms with Crippen LogP contribution in [-0.2, 0) is 9.53 Å². The number of carbonyl (C=O) groups is 2. The predicted molar refractivity (Wildman–Crippen MR) is 125 cm³/mol. The standard InChI is InChI=1S/C27H27NO4/c1-4-26(29)32-25-14-13-18(17(2)3)15-24(25)28-27(30)31-16-23-21-11-7-5-9-19(21)20-10-6-8-12-22(20)23/h5-15,17,23H,4,16H2,1-3H3,(H,28,30). The summed E-state index contributed by atoms with van der Waals surface area (Å²) in [5, 5.41) is 2.77. The number of carbonyl (C=O) groups excluding carboxylic acids is 2. The zero-order chi connectivity index (χ0) is 22.7. The molecule has 0 unspecified atom stereocenters. The number of fused-ring (bicyclic) bond motifs is 3. The highest BCUT2D eigenvalue weighted by Gasteiger charge is 2.29. The molecular formula is C27H27NO4. The van der Waals surface area contributed by atoms with Gasteiger partial charge in [-0.2, -0.15) is 0 Å². The van der Waals surface area contributed by atoms with Crippen LogP contribution in [-0.4, -0.2) is 18.7 Å². The van der Waals surface area contributed by atoms with Gasteiger partial charge in [0.1, 0.15) is 6.61 Å². The van der Waals surface area contributed by atoms with E-state index < -0.39 is 6.09 Å². The molecule has 0 heterocycles. The summed E-state index contributed by atoms with van der Waals surface area (Å²) >= 11 is 0. The van der Waals surface area contributed by atoms with Crippen molar-refractivity contribution >= 4 is 17.7 Å². The van der Waals surface area contributed by atoms with Crippen LogP contribution in [0.5, 0.6) is 5.75 Å². The largest absolute Gasteiger partial charge is 0.448 e. The lowest BCUT2D eigenvalue weighted by molar-refractivity contribution is -0.133. The molecule has 0 aromatic heterocycles. The van der Waals surface area contributed by atoms with Crippen molar-refractivity contribution in [3.63, 3.8) is 0 Å². The molecule has 4 rings (SSSR count). The first kappa shape index (κ1) is 21.6. The van der Waals surface area contributed by atoms with Gasteiger partial charge in [-0.15, -0.1) is 0 Å². The zero-order valence-electron chi connectivity index (χ0n) is 18.6. The van der Waals surface area contributed by atoms with Gasteiger partial charge < -0.3 is 9.47 Å². The monoisotopic (exact) mass is 429 g/mol. The van der Waals surface area contributed by atoms with Crippen LogP contribution in [0.2, 0.25) is 0 Å². The Hall–Kier alpha value is -3.60. The molecule has 3 aromatic carbocycles. The SMILES string of the molecule is CCC(=O)Oc1ccc(C(C)C)cc1NC(=O)OCC1c2ccccc2-c2ccccc21. The Kier molecular flexibility index (Phi) is 6.26. The molecule has 5 nitrogen and oxygen atoms in total. The number of benzene rings is 3. The average Bonchev–Trinajstić information content (AvgIpc) is 3.12. The Balaban J connectivity index is 1.51. The fraction of sp³-hybridized carbons (Fsp3) is 0.259. The van der Waals surface area contributed by atoms with E-state index in [1.807, 2.05) is 36.4 Å². The second-order valence-electron chi connectivity index (χ2n) is 8.19. The molecule has 164 valence electrons. The third-order valence-corrected chi connectivity index (χ3v) is 5.76. The first-order valence-electron chi connectivity index (χ1n) is 10.9. The summed E-state index contributed by atoms with van der Waals surface area (Å²) in [4.78, 5) is 24.5. The molecule has 0 saturated heterocycles. The van der Waals surface area contributed by atoms with Gasteiger partial charge in [0, 0.05) is 12.3 Å². The highest BCUT2D eigenvalue weighted by atomic mass is 16.6. The summed E-state index contributed by atoms with van der Waals surface area (Å²) in [5.41, 5.74) is 6.11. The molecule has 32 heavy (non-hydrogen) atoms. The first-order chi connectivity index (χ1) is 15.5. The van der Waals surface area contributed by atoms with E-state index in [-0.39, 0.29) is 30.8 Å². The molecule has 3 aromatic rings. The minimum Gasteiger partial charge on any atom is -0.448 e. The summed E-state index contributed by atoms with van der Waals surface area (Å²) in [7, 11) is 0. The maximum Gasteiger partial charge on any atom is 0.411 e. The molecule has 0 radical (unpaired) electrons. The lowest BCUT2D eigenvalue weighted by Crippen LogP contribution is -2.19. The molecule has 0 atom stereocenters. The summed E-state index contributed by atoms with van der Waals surface area (Å²) < 4.78 is 11.0. The van der Waals surface area contributed by atoms with Crippen molar-refractivity contribution in [2.75, 3.05) is 11.9 Å². The molecule has 0 fully saturated rings. The Morgan fingerprint density at radius 2 is 1.56 bits per heavy atom. The van der Waals surface area contributed by atoms with E-state index in [1.165, 1.54) is 11.1 Å². The Morgan fingerprint density at radius 1 is 0.938 bits per heavy atom. The minimum atomic E-state index is -0.582. The summed E-state index contributed by atoms with van der Waals surface area (Å²) in [6.45, 7) is 6.06. The second-order valence-corrected chi connectivity index (χ2v) is 8.19. The molecule has 1 aliphatic rings. The van der Waals surface area contributed by atoms with Crippen LogP contribution in [0.25, 0.3) is 11.1 Å². The third-order valence-electron chi connectivity index (χ3n) is 5.76. The van der Waals surface area contributed by atoms with Crippen molar-refractivity contribution in [2.24, 2.45) is 0 Å². The van der Waals surface area contributed by atoms with Crippen LogP contribution in [0, 0.1) is 0 Å². The van der Waals surface area contributed by atoms with Crippen LogP contribution in [0.15, 0.2) is 66.7 Å². The molecule has 0 spiro atoms. The van der Waals surface area contributed by atoms with Crippen molar-refractivity contribution in [1.82, 2.24) is 0 Å². The van der Waals surface area contributed by atoms with Gasteiger partial charge in [0.15, 0.2) is 5.75 Å². The van der Waals surface area contributed by atoms with Crippen molar-refractivity contribution in [3.8, 4) is 16.9 Å². The third kappa shape index (κ3) is 4.37. The molecule has 0 saturated carbocycles. The van der Waals surface area contributed by atoms with Gasteiger partial charge in [0.2, 0.25) is 0 Å². The van der Waals surface area contributed by atoms with Gasteiger partial charge in [0.25, 0.3) is 0 Å². The fourth-order valence-corrected chi connectivity index (χ4v) is 4.03. The zero-order valence-corrected chi connectivity index (χ0v) is 18.6. The topological polar surface area (TPSA) is 64.6 Å². The van der Waals surface area contributed by atoms with Gasteiger partial charge in [-0.05, 0) is 45.9 Å². The number of nitrogens with one attached hydrogen (secondary N) is 1. The van der Waals surface area contributed by atoms with E-state index in [9.17, 15) is 9.59 Å². The van der Waals surface area contributed by atoms with Gasteiger partial charge in [0.05, 0.1) is 5.69 Å². The van der Waals surface area contributed by atoms with E-state index in [4.69, 9.17) is 9.47 Å². The quantitative estimate of drug-likeness (QED) is 0.359. The van der Waals surface area contributed by atoms with Gasteiger partial charge in [-0.1, -0.05) is 75.4 Å². The predicted octanol–water partition coefficient (Wildman–Crippen LogP) is 6.49. The van der Waals surface area contributed by atoms with Gasteiger partial charge in [-0.25, -0.2) is 4.79 Å². The van der Waals surface area contributed by atoms with E-state index in [1.54, 1.807) is 13.0 Å². The molecule has 1 aliphatic carbocycles. The normalized spacial score (nSPS) is 12.2. The summed E-state index contributed by atoms with van der Waals surface area (Å²) in [6.07, 6.45) is -0.336. The Bertz CT molecular complexity index is 1110. The number of anilines is 1. The van der Waals surface area contributed by atoms with Crippen molar-refractivity contribution in [3.05, 3.63) is 83.4 Å². The van der Waals surface area contributed by atoms with Crippen LogP contribution >= 0.6 is 0 Å². The van der Waals surface area contributed by atoms with Crippen molar-refractivity contribution in [2.45, 2.75) is 39.0 Å². The number of hydrogen-bond acceptors (Lipinski definition) is 4. The Morgan fingerprint density at radius 3 is 2.16 bits per heavy atom. The minimum absolute atomic E-state index is 0.0208. The van der Waals surface area contributed by atoms with Crippen molar-refractivity contribution in [1.29, 1.82) is 0 Å². The van der Waals surface area contributed by atoms with E-state index >= 15 is 0 Å². The number of esters is 1. The maximum atomic E-state index is 12.7. The van der Waals surface area contributed by atoms with Gasteiger partial charge in [-0.3, -0.25) is 10.1 Å². The van der Waals surface area contributed by atoms with E-state index in [0.29, 0.717) is 11.4 Å². The number of ether oxygens (including phenoxy) is 2. The Labute approximate surface area is 188 Å². The summed E-state index contributed by atoms with van der Waals surface area (Å²) in [6, 6.07) is 21.8. The first-order valence-corrected chi connectivity index (χ1v) is 10.9. The molecular weight excluding hydrogens is 402 g/mol. The van der Waals surface area contributed by atoms with Gasteiger partial charge >= 0.3 is 12.1 Å². The molecule has 1 amide bonds. The van der Waals surface area contributed by atoms with Crippen LogP contribution in [0.1, 0.15) is 55.7 Å². The smallest absolute Gasteiger partial charge is 0.411 e. The van der Waals surface area contributed by atoms with E-state index in [2.05, 4.69) is 43.4 Å². The van der Waals surface area contributed by atoms with E-state index in [0.717, 1.165) is 16.7 Å². The number of hydrogen-bond donors (Lipinski definition) is 1. The number of amides is 1. The maximum absolute atomic E-state index is 12.7. The van der Waals surface area contributed by atoms with Crippen LogP contribution in [0.4, 0.5) is 10.5 Å². The number of rotatable bonds is 6. The molecule has 1 N–H and O–H groups in total. The second kappa shape index (κ2) is 9.27. The molecule has 0 aliphatic heterocycles. The molecule has 5 heteroatoms. The van der Waals surface area contributed by atoms with Crippen molar-refractivity contribution < 1.29 is 19.1 Å². The average molecular weight is 430 g/mol. The lowest BCUT2D eigenvalue weighted by atomic mass is 9.98.